The Morgan fingerprint density at radius 2 is 0.422 bits per heavy atom. The number of hydrogen-bond donors (Lipinski definition) is 4. The Labute approximate surface area is 562 Å². The Kier molecular flexibility index (Phi) is 78.3. The van der Waals surface area contributed by atoms with Crippen LogP contribution in [0.25, 0.3) is 0 Å². The van der Waals surface area contributed by atoms with Crippen molar-refractivity contribution in [2.45, 2.75) is 451 Å². The monoisotopic (exact) mass is 1270 g/mol. The maximum absolute atomic E-state index is 12.2. The van der Waals surface area contributed by atoms with Crippen LogP contribution in [0.5, 0.6) is 0 Å². The summed E-state index contributed by atoms with van der Waals surface area (Å²) in [6.07, 6.45) is 92.9. The van der Waals surface area contributed by atoms with Gasteiger partial charge in [-0.1, -0.05) is 373 Å². The summed E-state index contributed by atoms with van der Waals surface area (Å²) < 4.78 is 0. The third-order valence-electron chi connectivity index (χ3n) is 19.1. The van der Waals surface area contributed by atoms with Crippen LogP contribution in [0.1, 0.15) is 451 Å². The Morgan fingerprint density at radius 1 is 0.244 bits per heavy atom. The normalized spacial score (nSPS) is 12.2. The van der Waals surface area contributed by atoms with Crippen LogP contribution in [0.2, 0.25) is 0 Å². The van der Waals surface area contributed by atoms with E-state index in [0.29, 0.717) is 38.8 Å². The molecule has 0 aromatic rings. The van der Waals surface area contributed by atoms with Gasteiger partial charge in [0.15, 0.2) is 0 Å². The summed E-state index contributed by atoms with van der Waals surface area (Å²) in [7, 11) is 0. The van der Waals surface area contributed by atoms with E-state index in [-0.39, 0.29) is 35.5 Å². The van der Waals surface area contributed by atoms with Crippen LogP contribution in [-0.4, -0.2) is 36.7 Å². The van der Waals surface area contributed by atoms with Crippen molar-refractivity contribution in [3.8, 4) is 0 Å². The lowest BCUT2D eigenvalue weighted by Crippen LogP contribution is -2.30. The molecule has 90 heavy (non-hydrogen) atoms. The minimum absolute atomic E-state index is 0.107. The van der Waals surface area contributed by atoms with Crippen molar-refractivity contribution in [3.63, 3.8) is 0 Å². The molecule has 0 spiro atoms. The number of primary amides is 2. The molecule has 0 aliphatic rings. The summed E-state index contributed by atoms with van der Waals surface area (Å²) in [4.78, 5) is 48.2. The highest BCUT2D eigenvalue weighted by Gasteiger charge is 2.17. The number of nitrogens with two attached hydrogens (primary N) is 2. The molecule has 2 atom stereocenters. The van der Waals surface area contributed by atoms with Crippen molar-refractivity contribution in [3.05, 3.63) is 24.3 Å². The molecule has 0 bridgehead atoms. The number of hydrogen-bond acceptors (Lipinski definition) is 4. The summed E-state index contributed by atoms with van der Waals surface area (Å²) >= 11 is 0. The highest BCUT2D eigenvalue weighted by atomic mass is 16.2. The molecule has 0 saturated heterocycles. The van der Waals surface area contributed by atoms with Gasteiger partial charge in [0.25, 0.3) is 0 Å². The first-order valence-corrected chi connectivity index (χ1v) is 40.6. The molecule has 4 amide bonds. The van der Waals surface area contributed by atoms with Gasteiger partial charge in [0.1, 0.15) is 0 Å². The van der Waals surface area contributed by atoms with Gasteiger partial charge in [-0.05, 0) is 89.9 Å². The first-order chi connectivity index (χ1) is 44.2. The molecule has 6 N–H and O–H groups in total. The SMILES string of the molecule is CCCCCCCCC=CCCCCCCCCCCC(CCNC(=O)CCCCCCCCCCCCCCCCC)C(N)=O.CCCCCCCCC=CCCCCCCCCCCCC(=O)NCCC(CCCCCCCCCCCCCC)C(N)=O. The highest BCUT2D eigenvalue weighted by Crippen LogP contribution is 2.20. The van der Waals surface area contributed by atoms with Crippen molar-refractivity contribution in [1.82, 2.24) is 10.6 Å². The van der Waals surface area contributed by atoms with Gasteiger partial charge in [-0.15, -0.1) is 0 Å². The highest BCUT2D eigenvalue weighted by molar-refractivity contribution is 5.78. The fraction of sp³-hybridized carbons (Fsp3) is 0.902. The third kappa shape index (κ3) is 76.1. The Bertz CT molecular complexity index is 1510. The quantitative estimate of drug-likeness (QED) is 0.0355. The summed E-state index contributed by atoms with van der Waals surface area (Å²) in [5, 5.41) is 6.05. The standard InChI is InChI=1S/C42H82N2O2.C40H78N2O2/c1-3-5-7-9-11-13-15-17-19-20-21-23-24-26-28-30-32-34-36-40(42(43)46)38-39-44-41(45)37-35-33-31-29-27-25-22-18-16-14-12-10-8-6-4-2;1-3-5-7-9-11-13-15-17-18-19-20-21-22-23-25-27-29-31-33-35-39(43)42-37-36-38(40(41)44)34-32-30-28-26-24-16-14-12-10-8-6-4-2/h17,19,40H,3-16,18,20-39H2,1-2H3,(H2,43,46)(H,44,45);17-18,38H,3-16,19-37H2,1-2H3,(H2,41,44)(H,42,43). The topological polar surface area (TPSA) is 144 Å². The average molecular weight is 1270 g/mol. The van der Waals surface area contributed by atoms with E-state index >= 15 is 0 Å². The first-order valence-electron chi connectivity index (χ1n) is 40.6. The molecular weight excluding hydrogens is 1100 g/mol. The van der Waals surface area contributed by atoms with Crippen LogP contribution in [0.3, 0.4) is 0 Å². The van der Waals surface area contributed by atoms with E-state index in [0.717, 1.165) is 51.4 Å². The molecule has 0 fully saturated rings. The van der Waals surface area contributed by atoms with E-state index in [4.69, 9.17) is 11.5 Å². The second-order valence-corrected chi connectivity index (χ2v) is 28.0. The average Bonchev–Trinajstić information content (AvgIpc) is 3.66. The van der Waals surface area contributed by atoms with E-state index in [1.165, 1.54) is 347 Å². The zero-order valence-corrected chi connectivity index (χ0v) is 61.3. The van der Waals surface area contributed by atoms with Gasteiger partial charge in [0.2, 0.25) is 23.6 Å². The predicted octanol–water partition coefficient (Wildman–Crippen LogP) is 25.3. The lowest BCUT2D eigenvalue weighted by atomic mass is 9.96. The fourth-order valence-electron chi connectivity index (χ4n) is 12.7. The maximum Gasteiger partial charge on any atom is 0.220 e. The van der Waals surface area contributed by atoms with E-state index in [1.54, 1.807) is 0 Å². The number of unbranched alkanes of at least 4 members (excludes halogenated alkanes) is 54. The Morgan fingerprint density at radius 3 is 0.622 bits per heavy atom. The number of amides is 4. The molecule has 0 radical (unpaired) electrons. The lowest BCUT2D eigenvalue weighted by Gasteiger charge is -2.14. The van der Waals surface area contributed by atoms with Gasteiger partial charge in [-0.2, -0.15) is 0 Å². The van der Waals surface area contributed by atoms with Crippen LogP contribution >= 0.6 is 0 Å². The van der Waals surface area contributed by atoms with Crippen LogP contribution in [0.15, 0.2) is 24.3 Å². The van der Waals surface area contributed by atoms with E-state index in [1.807, 2.05) is 0 Å². The second-order valence-electron chi connectivity index (χ2n) is 28.0. The number of carbonyl (C=O) groups excluding carboxylic acids is 4. The summed E-state index contributed by atoms with van der Waals surface area (Å²) in [5.74, 6) is -0.387. The number of nitrogens with one attached hydrogen (secondary N) is 2. The molecule has 0 aliphatic carbocycles. The smallest absolute Gasteiger partial charge is 0.220 e. The molecule has 0 aliphatic heterocycles. The van der Waals surface area contributed by atoms with Crippen LogP contribution in [0.4, 0.5) is 0 Å². The minimum atomic E-state index is -0.210. The molecule has 532 valence electrons. The van der Waals surface area contributed by atoms with Gasteiger partial charge in [0, 0.05) is 37.8 Å². The summed E-state index contributed by atoms with van der Waals surface area (Å²) in [6.45, 7) is 10.2. The van der Waals surface area contributed by atoms with E-state index in [2.05, 4.69) is 62.6 Å². The van der Waals surface area contributed by atoms with Crippen LogP contribution in [-0.2, 0) is 19.2 Å². The van der Waals surface area contributed by atoms with Crippen molar-refractivity contribution in [2.75, 3.05) is 13.1 Å². The number of rotatable bonds is 74. The van der Waals surface area contributed by atoms with Crippen molar-refractivity contribution in [2.24, 2.45) is 23.3 Å². The van der Waals surface area contributed by atoms with E-state index in [9.17, 15) is 19.2 Å². The zero-order chi connectivity index (χ0) is 65.8. The fourth-order valence-corrected chi connectivity index (χ4v) is 12.7. The number of allylic oxidation sites excluding steroid dienone is 4. The molecule has 0 heterocycles. The van der Waals surface area contributed by atoms with Crippen molar-refractivity contribution >= 4 is 23.6 Å². The Hall–Kier alpha value is -2.64. The molecule has 0 saturated carbocycles. The van der Waals surface area contributed by atoms with Gasteiger partial charge in [0.05, 0.1) is 0 Å². The van der Waals surface area contributed by atoms with Crippen molar-refractivity contribution in [1.29, 1.82) is 0 Å². The second kappa shape index (κ2) is 78.8. The van der Waals surface area contributed by atoms with E-state index < -0.39 is 0 Å². The maximum atomic E-state index is 12.2. The van der Waals surface area contributed by atoms with Gasteiger partial charge in [-0.3, -0.25) is 19.2 Å². The molecule has 2 unspecified atom stereocenters. The summed E-state index contributed by atoms with van der Waals surface area (Å²) in [5.41, 5.74) is 11.3. The molecule has 8 heteroatoms. The lowest BCUT2D eigenvalue weighted by molar-refractivity contribution is -0.124. The van der Waals surface area contributed by atoms with Gasteiger partial charge in [-0.25, -0.2) is 0 Å². The van der Waals surface area contributed by atoms with Crippen LogP contribution in [0, 0.1) is 11.8 Å². The first kappa shape index (κ1) is 89.4. The Balaban J connectivity index is 0. The summed E-state index contributed by atoms with van der Waals surface area (Å²) in [6, 6.07) is 0. The molecule has 8 nitrogen and oxygen atoms in total. The molecule has 0 rings (SSSR count). The molecule has 0 aromatic heterocycles. The van der Waals surface area contributed by atoms with Gasteiger partial charge < -0.3 is 22.1 Å². The van der Waals surface area contributed by atoms with Gasteiger partial charge >= 0.3 is 0 Å². The minimum Gasteiger partial charge on any atom is -0.369 e. The van der Waals surface area contributed by atoms with Crippen LogP contribution < -0.4 is 22.1 Å². The predicted molar refractivity (Wildman–Crippen MR) is 397 cm³/mol. The third-order valence-corrected chi connectivity index (χ3v) is 19.1. The number of carbonyl (C=O) groups is 4. The molecule has 0 aromatic carbocycles. The van der Waals surface area contributed by atoms with Crippen molar-refractivity contribution < 1.29 is 19.2 Å². The molecular formula is C82H160N4O4. The zero-order valence-electron chi connectivity index (χ0n) is 61.3. The largest absolute Gasteiger partial charge is 0.369 e.